The van der Waals surface area contributed by atoms with Crippen LogP contribution in [0.2, 0.25) is 0 Å². The number of rotatable bonds is 4. The number of halogens is 1. The number of imidazole rings is 1. The van der Waals surface area contributed by atoms with Gasteiger partial charge in [0.05, 0.1) is 12.0 Å². The van der Waals surface area contributed by atoms with E-state index >= 15 is 0 Å². The summed E-state index contributed by atoms with van der Waals surface area (Å²) in [6, 6.07) is 0. The van der Waals surface area contributed by atoms with Gasteiger partial charge in [-0.1, -0.05) is 6.92 Å². The number of hydrogen-bond donors (Lipinski definition) is 0. The Labute approximate surface area is 163 Å². The predicted octanol–water partition coefficient (Wildman–Crippen LogP) is 1.77. The molecule has 1 aliphatic rings. The van der Waals surface area contributed by atoms with Crippen molar-refractivity contribution in [3.63, 3.8) is 0 Å². The predicted molar refractivity (Wildman–Crippen MR) is 98.0 cm³/mol. The van der Waals surface area contributed by atoms with Gasteiger partial charge in [0, 0.05) is 42.4 Å². The molecule has 0 radical (unpaired) electrons. The van der Waals surface area contributed by atoms with Crippen LogP contribution in [0.25, 0.3) is 11.2 Å². The minimum absolute atomic E-state index is 0.00625. The fourth-order valence-electron chi connectivity index (χ4n) is 3.12. The van der Waals surface area contributed by atoms with E-state index in [1.54, 1.807) is 10.9 Å². The lowest BCUT2D eigenvalue weighted by Crippen LogP contribution is -2.34. The second kappa shape index (κ2) is 7.43. The van der Waals surface area contributed by atoms with E-state index in [-0.39, 0.29) is 12.5 Å². The van der Waals surface area contributed by atoms with Crippen LogP contribution in [-0.2, 0) is 23.8 Å². The molecule has 1 fully saturated rings. The summed E-state index contributed by atoms with van der Waals surface area (Å²) in [5, 5.41) is 0. The summed E-state index contributed by atoms with van der Waals surface area (Å²) in [4.78, 5) is 35.8. The van der Waals surface area contributed by atoms with Gasteiger partial charge in [-0.25, -0.2) is 15.0 Å². The number of nitrogens with zero attached hydrogens (tertiary/aromatic N) is 4. The minimum Gasteiger partial charge on any atom is -0.463 e. The molecule has 1 saturated heterocycles. The maximum Gasteiger partial charge on any atom is 0.303 e. The lowest BCUT2D eigenvalue weighted by molar-refractivity contribution is -0.156. The summed E-state index contributed by atoms with van der Waals surface area (Å²) in [7, 11) is 0. The fourth-order valence-corrected chi connectivity index (χ4v) is 3.71. The van der Waals surface area contributed by atoms with E-state index in [0.29, 0.717) is 15.0 Å². The number of fused-ring (bicyclic) bond motifs is 1. The molecule has 3 heterocycles. The molecule has 26 heavy (non-hydrogen) atoms. The molecule has 0 amide bonds. The standard InChI is InChI=1S/C16H19IN4O5/c1-7-13(25-10(4)23)11(5-24-9(3)22)26-15(7)21-6-18-12-8(2)19-16(17)20-14(12)21/h6-7,11,13,15H,5H2,1-4H3/t7-,11-,13+,15-/m1/s1. The van der Waals surface area contributed by atoms with Crippen molar-refractivity contribution < 1.29 is 23.8 Å². The van der Waals surface area contributed by atoms with Gasteiger partial charge < -0.3 is 14.2 Å². The lowest BCUT2D eigenvalue weighted by atomic mass is 10.0. The monoisotopic (exact) mass is 474 g/mol. The van der Waals surface area contributed by atoms with Gasteiger partial charge in [-0.05, 0) is 6.92 Å². The van der Waals surface area contributed by atoms with Crippen molar-refractivity contribution in [1.82, 2.24) is 19.5 Å². The zero-order valence-electron chi connectivity index (χ0n) is 14.8. The Bertz CT molecular complexity index is 855. The van der Waals surface area contributed by atoms with Gasteiger partial charge >= 0.3 is 11.9 Å². The third kappa shape index (κ3) is 3.65. The van der Waals surface area contributed by atoms with Crippen LogP contribution in [0.1, 0.15) is 32.7 Å². The van der Waals surface area contributed by atoms with Crippen LogP contribution in [0.15, 0.2) is 6.33 Å². The lowest BCUT2D eigenvalue weighted by Gasteiger charge is -2.20. The van der Waals surface area contributed by atoms with Crippen LogP contribution in [0.5, 0.6) is 0 Å². The summed E-state index contributed by atoms with van der Waals surface area (Å²) in [6.45, 7) is 6.45. The van der Waals surface area contributed by atoms with Crippen LogP contribution in [0.3, 0.4) is 0 Å². The fraction of sp³-hybridized carbons (Fsp3) is 0.562. The van der Waals surface area contributed by atoms with Gasteiger partial charge in [0.1, 0.15) is 30.6 Å². The molecule has 0 N–H and O–H groups in total. The van der Waals surface area contributed by atoms with E-state index in [2.05, 4.69) is 15.0 Å². The topological polar surface area (TPSA) is 105 Å². The quantitative estimate of drug-likeness (QED) is 0.375. The van der Waals surface area contributed by atoms with Crippen molar-refractivity contribution in [2.24, 2.45) is 5.92 Å². The molecule has 0 unspecified atom stereocenters. The molecule has 3 rings (SSSR count). The van der Waals surface area contributed by atoms with Crippen LogP contribution in [-0.4, -0.2) is 50.3 Å². The molecular formula is C16H19IN4O5. The molecule has 0 aromatic carbocycles. The maximum atomic E-state index is 11.5. The van der Waals surface area contributed by atoms with Crippen molar-refractivity contribution in [3.8, 4) is 0 Å². The van der Waals surface area contributed by atoms with Gasteiger partial charge in [0.25, 0.3) is 0 Å². The number of carbonyl (C=O) groups is 2. The third-order valence-electron chi connectivity index (χ3n) is 4.24. The van der Waals surface area contributed by atoms with Crippen molar-refractivity contribution in [2.75, 3.05) is 6.61 Å². The number of esters is 2. The summed E-state index contributed by atoms with van der Waals surface area (Å²) in [6.07, 6.45) is 0.0661. The Hall–Kier alpha value is -1.82. The van der Waals surface area contributed by atoms with E-state index in [1.807, 2.05) is 36.4 Å². The molecule has 4 atom stereocenters. The van der Waals surface area contributed by atoms with Crippen LogP contribution in [0.4, 0.5) is 0 Å². The van der Waals surface area contributed by atoms with E-state index in [0.717, 1.165) is 5.69 Å². The second-order valence-corrected chi connectivity index (χ2v) is 7.17. The summed E-state index contributed by atoms with van der Waals surface area (Å²) < 4.78 is 19.0. The minimum atomic E-state index is -0.567. The summed E-state index contributed by atoms with van der Waals surface area (Å²) >= 11 is 2.05. The Kier molecular flexibility index (Phi) is 5.42. The van der Waals surface area contributed by atoms with Crippen molar-refractivity contribution >= 4 is 45.7 Å². The van der Waals surface area contributed by atoms with Gasteiger partial charge in [-0.2, -0.15) is 0 Å². The molecule has 140 valence electrons. The molecule has 2 aromatic rings. The number of ether oxygens (including phenoxy) is 3. The number of aromatic nitrogens is 4. The van der Waals surface area contributed by atoms with Crippen LogP contribution in [0, 0.1) is 16.7 Å². The third-order valence-corrected chi connectivity index (χ3v) is 4.73. The molecule has 1 aliphatic heterocycles. The van der Waals surface area contributed by atoms with Gasteiger partial charge in [-0.3, -0.25) is 14.2 Å². The Morgan fingerprint density at radius 1 is 1.31 bits per heavy atom. The highest BCUT2D eigenvalue weighted by Gasteiger charge is 2.46. The van der Waals surface area contributed by atoms with Crippen LogP contribution < -0.4 is 0 Å². The molecule has 10 heteroatoms. The molecule has 9 nitrogen and oxygen atoms in total. The Balaban J connectivity index is 1.95. The van der Waals surface area contributed by atoms with Gasteiger partial charge in [-0.15, -0.1) is 0 Å². The zero-order valence-corrected chi connectivity index (χ0v) is 17.0. The first-order valence-corrected chi connectivity index (χ1v) is 9.18. The van der Waals surface area contributed by atoms with E-state index in [1.165, 1.54) is 13.8 Å². The van der Waals surface area contributed by atoms with Gasteiger partial charge in [0.15, 0.2) is 9.48 Å². The van der Waals surface area contributed by atoms with Crippen LogP contribution >= 0.6 is 22.6 Å². The van der Waals surface area contributed by atoms with Crippen molar-refractivity contribution in [3.05, 3.63) is 15.9 Å². The smallest absolute Gasteiger partial charge is 0.303 e. The largest absolute Gasteiger partial charge is 0.463 e. The number of carbonyl (C=O) groups excluding carboxylic acids is 2. The van der Waals surface area contributed by atoms with Crippen molar-refractivity contribution in [1.29, 1.82) is 0 Å². The number of aryl methyl sites for hydroxylation is 1. The second-order valence-electron chi connectivity index (χ2n) is 6.20. The molecular weight excluding hydrogens is 455 g/mol. The first-order valence-electron chi connectivity index (χ1n) is 8.10. The average Bonchev–Trinajstić information content (AvgIpc) is 3.08. The first kappa shape index (κ1) is 19.0. The molecule has 0 spiro atoms. The van der Waals surface area contributed by atoms with Gasteiger partial charge in [0.2, 0.25) is 0 Å². The number of hydrogen-bond acceptors (Lipinski definition) is 8. The van der Waals surface area contributed by atoms with E-state index in [9.17, 15) is 9.59 Å². The highest BCUT2D eigenvalue weighted by Crippen LogP contribution is 2.38. The molecule has 0 bridgehead atoms. The Morgan fingerprint density at radius 3 is 2.69 bits per heavy atom. The van der Waals surface area contributed by atoms with E-state index < -0.39 is 30.4 Å². The average molecular weight is 474 g/mol. The highest BCUT2D eigenvalue weighted by molar-refractivity contribution is 14.1. The van der Waals surface area contributed by atoms with Crippen molar-refractivity contribution in [2.45, 2.75) is 46.1 Å². The molecule has 0 saturated carbocycles. The first-order chi connectivity index (χ1) is 12.3. The normalized spacial score (nSPS) is 25.4. The van der Waals surface area contributed by atoms with E-state index in [4.69, 9.17) is 14.2 Å². The highest BCUT2D eigenvalue weighted by atomic mass is 127. The summed E-state index contributed by atoms with van der Waals surface area (Å²) in [5.74, 6) is -1.02. The molecule has 2 aromatic heterocycles. The summed E-state index contributed by atoms with van der Waals surface area (Å²) in [5.41, 5.74) is 2.11. The molecule has 0 aliphatic carbocycles. The Morgan fingerprint density at radius 2 is 2.04 bits per heavy atom. The maximum absolute atomic E-state index is 11.5. The SMILES string of the molecule is CC(=O)OC[C@H]1O[C@@H](n2cnc3c(C)nc(I)nc32)[C@H](C)[C@@H]1OC(C)=O. The zero-order chi connectivity index (χ0) is 19.0.